The van der Waals surface area contributed by atoms with Crippen molar-refractivity contribution in [3.05, 3.63) is 42.5 Å². The number of rotatable bonds is 17. The number of piperidine rings is 1. The number of urea groups is 1. The highest BCUT2D eigenvalue weighted by Crippen LogP contribution is 2.65. The Hall–Kier alpha value is -3.82. The first-order valence-electron chi connectivity index (χ1n) is 17.7. The predicted octanol–water partition coefficient (Wildman–Crippen LogP) is 5.64. The van der Waals surface area contributed by atoms with Crippen LogP contribution in [0.1, 0.15) is 97.9 Å². The molecule has 2 N–H and O–H groups in total. The summed E-state index contributed by atoms with van der Waals surface area (Å²) >= 11 is 0. The Balaban J connectivity index is 1.82. The summed E-state index contributed by atoms with van der Waals surface area (Å²) in [6.45, 7) is 19.3. The Labute approximate surface area is 292 Å². The summed E-state index contributed by atoms with van der Waals surface area (Å²) in [5.74, 6) is -2.80. The highest BCUT2D eigenvalue weighted by molar-refractivity contribution is 6.38. The minimum absolute atomic E-state index is 0.0650. The van der Waals surface area contributed by atoms with Gasteiger partial charge in [0, 0.05) is 50.7 Å². The van der Waals surface area contributed by atoms with Crippen molar-refractivity contribution in [3.63, 3.8) is 0 Å². The van der Waals surface area contributed by atoms with E-state index in [0.717, 1.165) is 5.69 Å². The van der Waals surface area contributed by atoms with Crippen LogP contribution < -0.4 is 15.5 Å². The molecule has 270 valence electrons. The maximum atomic E-state index is 14.4. The van der Waals surface area contributed by atoms with Crippen LogP contribution in [-0.4, -0.2) is 78.7 Å². The molecule has 6 atom stereocenters. The molecule has 10 nitrogen and oxygen atoms in total. The van der Waals surface area contributed by atoms with Crippen molar-refractivity contribution in [2.45, 2.75) is 106 Å². The third kappa shape index (κ3) is 9.05. The number of allylic oxidation sites excluding steroid dienone is 1. The molecule has 1 aromatic carbocycles. The van der Waals surface area contributed by atoms with Gasteiger partial charge in [-0.05, 0) is 65.7 Å². The van der Waals surface area contributed by atoms with Gasteiger partial charge in [0.25, 0.3) is 0 Å². The number of carbonyl (C=O) groups is 6. The Bertz CT molecular complexity index is 1420. The number of anilines is 1. The highest BCUT2D eigenvalue weighted by Gasteiger charge is 2.69. The molecule has 1 unspecified atom stereocenters. The number of Topliss-reactive ketones (excluding diaryl/α,β-unsaturated/α-hetero) is 4. The van der Waals surface area contributed by atoms with Crippen molar-refractivity contribution in [2.24, 2.45) is 34.5 Å². The first-order valence-corrected chi connectivity index (χ1v) is 17.7. The van der Waals surface area contributed by atoms with Gasteiger partial charge in [-0.15, -0.1) is 6.58 Å². The summed E-state index contributed by atoms with van der Waals surface area (Å²) in [6.07, 6.45) is 2.98. The predicted molar refractivity (Wildman–Crippen MR) is 192 cm³/mol. The Morgan fingerprint density at radius 2 is 1.65 bits per heavy atom. The molecule has 2 fully saturated rings. The van der Waals surface area contributed by atoms with Crippen LogP contribution in [-0.2, 0) is 19.2 Å². The van der Waals surface area contributed by atoms with Crippen LogP contribution in [0, 0.1) is 34.5 Å². The fourth-order valence-corrected chi connectivity index (χ4v) is 7.27. The van der Waals surface area contributed by atoms with E-state index in [0.29, 0.717) is 31.4 Å². The van der Waals surface area contributed by atoms with E-state index in [4.69, 9.17) is 0 Å². The van der Waals surface area contributed by atoms with Gasteiger partial charge in [-0.2, -0.15) is 0 Å². The second kappa shape index (κ2) is 15.8. The molecule has 0 aromatic heterocycles. The van der Waals surface area contributed by atoms with E-state index < -0.39 is 47.1 Å². The highest BCUT2D eigenvalue weighted by atomic mass is 16.2. The average molecular weight is 679 g/mol. The van der Waals surface area contributed by atoms with E-state index in [9.17, 15) is 28.8 Å². The monoisotopic (exact) mass is 678 g/mol. The number of hydrogen-bond donors (Lipinski definition) is 2. The van der Waals surface area contributed by atoms with Crippen LogP contribution in [0.2, 0.25) is 0 Å². The molecule has 3 rings (SSSR count). The molecule has 0 bridgehead atoms. The lowest BCUT2D eigenvalue weighted by Gasteiger charge is -2.38. The lowest BCUT2D eigenvalue weighted by atomic mass is 9.83. The van der Waals surface area contributed by atoms with Crippen molar-refractivity contribution >= 4 is 40.8 Å². The zero-order valence-corrected chi connectivity index (χ0v) is 31.2. The molecule has 1 saturated heterocycles. The SMILES string of the molecule is C=CCCC(=O)C(=O)C(CCC)CC(=O)[C@@H]1[C@@H]2[C@H](CN1C(=O)[C@@H](NC(=O)N[C@H](C(=O)c1ccc(N(C)C)cc1)C(C)C)C(C)(C)C)C2(C)C. The second-order valence-corrected chi connectivity index (χ2v) is 16.1. The van der Waals surface area contributed by atoms with E-state index in [1.807, 2.05) is 72.7 Å². The number of nitrogens with one attached hydrogen (secondary N) is 2. The summed E-state index contributed by atoms with van der Waals surface area (Å²) < 4.78 is 0. The topological polar surface area (TPSA) is 133 Å². The number of nitrogens with zero attached hydrogens (tertiary/aromatic N) is 2. The van der Waals surface area contributed by atoms with Crippen molar-refractivity contribution in [1.29, 1.82) is 0 Å². The van der Waals surface area contributed by atoms with Crippen LogP contribution >= 0.6 is 0 Å². The molecule has 0 spiro atoms. The van der Waals surface area contributed by atoms with Crippen molar-refractivity contribution in [2.75, 3.05) is 25.5 Å². The van der Waals surface area contributed by atoms with Crippen LogP contribution in [0.5, 0.6) is 0 Å². The van der Waals surface area contributed by atoms with Crippen LogP contribution in [0.3, 0.4) is 0 Å². The smallest absolute Gasteiger partial charge is 0.316 e. The van der Waals surface area contributed by atoms with Crippen molar-refractivity contribution in [3.8, 4) is 0 Å². The Morgan fingerprint density at radius 3 is 2.16 bits per heavy atom. The van der Waals surface area contributed by atoms with Gasteiger partial charge < -0.3 is 20.4 Å². The summed E-state index contributed by atoms with van der Waals surface area (Å²) in [5, 5.41) is 5.67. The van der Waals surface area contributed by atoms with Crippen molar-refractivity contribution < 1.29 is 28.8 Å². The maximum Gasteiger partial charge on any atom is 0.316 e. The summed E-state index contributed by atoms with van der Waals surface area (Å²) in [5.41, 5.74) is 0.524. The van der Waals surface area contributed by atoms with Crippen LogP contribution in [0.4, 0.5) is 10.5 Å². The van der Waals surface area contributed by atoms with E-state index in [-0.39, 0.29) is 53.5 Å². The summed E-state index contributed by atoms with van der Waals surface area (Å²) in [7, 11) is 3.83. The molecule has 49 heavy (non-hydrogen) atoms. The third-order valence-electron chi connectivity index (χ3n) is 10.4. The van der Waals surface area contributed by atoms with Gasteiger partial charge >= 0.3 is 6.03 Å². The van der Waals surface area contributed by atoms with E-state index in [2.05, 4.69) is 31.1 Å². The first kappa shape index (κ1) is 39.6. The number of fused-ring (bicyclic) bond motifs is 1. The zero-order valence-electron chi connectivity index (χ0n) is 31.2. The Morgan fingerprint density at radius 1 is 1.04 bits per heavy atom. The third-order valence-corrected chi connectivity index (χ3v) is 10.4. The molecule has 1 saturated carbocycles. The normalized spacial score (nSPS) is 21.2. The van der Waals surface area contributed by atoms with Gasteiger partial charge in [-0.1, -0.05) is 67.9 Å². The number of carbonyl (C=O) groups excluding carboxylic acids is 6. The first-order chi connectivity index (χ1) is 22.8. The fourth-order valence-electron chi connectivity index (χ4n) is 7.27. The maximum absolute atomic E-state index is 14.4. The van der Waals surface area contributed by atoms with Crippen LogP contribution in [0.25, 0.3) is 0 Å². The molecule has 1 aromatic rings. The fraction of sp³-hybridized carbons (Fsp3) is 0.641. The van der Waals surface area contributed by atoms with Gasteiger partial charge in [0.05, 0.1) is 12.1 Å². The number of ketones is 4. The molecule has 2 aliphatic rings. The number of hydrogen-bond acceptors (Lipinski definition) is 7. The molecular formula is C39H58N4O6. The van der Waals surface area contributed by atoms with Gasteiger partial charge in [-0.25, -0.2) is 4.79 Å². The quantitative estimate of drug-likeness (QED) is 0.124. The molecule has 1 aliphatic heterocycles. The van der Waals surface area contributed by atoms with E-state index >= 15 is 0 Å². The van der Waals surface area contributed by atoms with E-state index in [1.54, 1.807) is 23.1 Å². The largest absolute Gasteiger partial charge is 0.378 e. The molecular weight excluding hydrogens is 620 g/mol. The minimum atomic E-state index is -1.00. The standard InChI is InChI=1S/C39H58N4O6/c1-12-14-16-28(44)33(46)25(15-13-2)21-29(45)32-30-27(39(30,8)9)22-43(32)36(48)35(38(5,6)7)41-37(49)40-31(23(3)4)34(47)24-17-19-26(20-18-24)42(10)11/h12,17-20,23,25,27,30-32,35H,1,13-16,21-22H2,2-11H3,(H2,40,41,49)/t25?,27-,30-,31-,32+,35+/m0/s1. The van der Waals surface area contributed by atoms with Gasteiger partial charge in [0.2, 0.25) is 11.7 Å². The molecule has 10 heteroatoms. The lowest BCUT2D eigenvalue weighted by Crippen LogP contribution is -2.61. The zero-order chi connectivity index (χ0) is 37.0. The number of likely N-dealkylation sites (tertiary alicyclic amines) is 1. The molecule has 0 radical (unpaired) electrons. The minimum Gasteiger partial charge on any atom is -0.378 e. The van der Waals surface area contributed by atoms with E-state index in [1.165, 1.54) is 0 Å². The molecule has 1 heterocycles. The second-order valence-electron chi connectivity index (χ2n) is 16.1. The average Bonchev–Trinajstić information content (AvgIpc) is 3.34. The summed E-state index contributed by atoms with van der Waals surface area (Å²) in [4.78, 5) is 84.7. The number of benzene rings is 1. The number of amides is 3. The van der Waals surface area contributed by atoms with Crippen molar-refractivity contribution in [1.82, 2.24) is 15.5 Å². The van der Waals surface area contributed by atoms with Crippen LogP contribution in [0.15, 0.2) is 36.9 Å². The van der Waals surface area contributed by atoms with Gasteiger partial charge in [0.1, 0.15) is 6.04 Å². The molecule has 1 aliphatic carbocycles. The van der Waals surface area contributed by atoms with Gasteiger partial charge in [-0.3, -0.25) is 24.0 Å². The molecule has 3 amide bonds. The van der Waals surface area contributed by atoms with Gasteiger partial charge in [0.15, 0.2) is 17.3 Å². The lowest BCUT2D eigenvalue weighted by molar-refractivity contribution is -0.144. The Kier molecular flexibility index (Phi) is 12.8. The summed E-state index contributed by atoms with van der Waals surface area (Å²) in [6, 6.07) is 3.93.